The number of aliphatic imine (C=N–C) groups is 1. The van der Waals surface area contributed by atoms with Gasteiger partial charge in [-0.15, -0.1) is 24.0 Å². The van der Waals surface area contributed by atoms with E-state index in [9.17, 15) is 8.78 Å². The second kappa shape index (κ2) is 9.06. The molecule has 1 aromatic rings. The van der Waals surface area contributed by atoms with Crippen molar-refractivity contribution in [2.75, 3.05) is 13.1 Å². The molecule has 0 atom stereocenters. The summed E-state index contributed by atoms with van der Waals surface area (Å²) in [4.78, 5) is 4.11. The SMILES string of the molecule is CC(C)CN=C(N)NCCc1cc(F)ccc1F.I. The summed E-state index contributed by atoms with van der Waals surface area (Å²) >= 11 is 0. The Balaban J connectivity index is 0.00000324. The van der Waals surface area contributed by atoms with Crippen molar-refractivity contribution in [2.45, 2.75) is 20.3 Å². The highest BCUT2D eigenvalue weighted by molar-refractivity contribution is 14.0. The van der Waals surface area contributed by atoms with Gasteiger partial charge >= 0.3 is 0 Å². The zero-order valence-electron chi connectivity index (χ0n) is 11.1. The zero-order chi connectivity index (χ0) is 13.5. The number of nitrogens with zero attached hydrogens (tertiary/aromatic N) is 1. The molecule has 0 aromatic heterocycles. The van der Waals surface area contributed by atoms with E-state index in [4.69, 9.17) is 5.73 Å². The predicted molar refractivity (Wildman–Crippen MR) is 84.8 cm³/mol. The summed E-state index contributed by atoms with van der Waals surface area (Å²) in [5, 5.41) is 2.87. The van der Waals surface area contributed by atoms with E-state index in [0.29, 0.717) is 37.0 Å². The highest BCUT2D eigenvalue weighted by Gasteiger charge is 2.03. The van der Waals surface area contributed by atoms with Crippen LogP contribution in [0.4, 0.5) is 8.78 Å². The van der Waals surface area contributed by atoms with Gasteiger partial charge < -0.3 is 11.1 Å². The lowest BCUT2D eigenvalue weighted by molar-refractivity contribution is 0.583. The molecule has 19 heavy (non-hydrogen) atoms. The Morgan fingerprint density at radius 1 is 1.37 bits per heavy atom. The van der Waals surface area contributed by atoms with Crippen LogP contribution in [0.1, 0.15) is 19.4 Å². The molecule has 0 unspecified atom stereocenters. The number of hydrogen-bond acceptors (Lipinski definition) is 1. The summed E-state index contributed by atoms with van der Waals surface area (Å²) < 4.78 is 26.2. The molecule has 1 aromatic carbocycles. The lowest BCUT2D eigenvalue weighted by Crippen LogP contribution is -2.33. The first-order valence-corrected chi connectivity index (χ1v) is 5.96. The quantitative estimate of drug-likeness (QED) is 0.467. The van der Waals surface area contributed by atoms with Crippen LogP contribution >= 0.6 is 24.0 Å². The molecule has 6 heteroatoms. The molecule has 0 saturated heterocycles. The average molecular weight is 383 g/mol. The van der Waals surface area contributed by atoms with E-state index in [1.807, 2.05) is 13.8 Å². The van der Waals surface area contributed by atoms with Crippen LogP contribution in [-0.4, -0.2) is 19.0 Å². The van der Waals surface area contributed by atoms with E-state index in [1.54, 1.807) is 0 Å². The second-order valence-electron chi connectivity index (χ2n) is 4.53. The van der Waals surface area contributed by atoms with Crippen LogP contribution in [0.5, 0.6) is 0 Å². The number of halogens is 3. The van der Waals surface area contributed by atoms with Gasteiger partial charge in [-0.2, -0.15) is 0 Å². The average Bonchev–Trinajstić information content (AvgIpc) is 2.31. The highest BCUT2D eigenvalue weighted by Crippen LogP contribution is 2.09. The molecule has 0 aliphatic heterocycles. The Morgan fingerprint density at radius 2 is 2.05 bits per heavy atom. The lowest BCUT2D eigenvalue weighted by Gasteiger charge is -2.07. The van der Waals surface area contributed by atoms with Crippen molar-refractivity contribution < 1.29 is 8.78 Å². The fourth-order valence-corrected chi connectivity index (χ4v) is 1.40. The van der Waals surface area contributed by atoms with E-state index in [0.717, 1.165) is 12.1 Å². The third kappa shape index (κ3) is 7.29. The van der Waals surface area contributed by atoms with E-state index < -0.39 is 11.6 Å². The molecule has 1 rings (SSSR count). The van der Waals surface area contributed by atoms with E-state index in [1.165, 1.54) is 6.07 Å². The van der Waals surface area contributed by atoms with Crippen molar-refractivity contribution in [3.63, 3.8) is 0 Å². The zero-order valence-corrected chi connectivity index (χ0v) is 13.4. The molecular formula is C13H20F2IN3. The Labute approximate surface area is 129 Å². The van der Waals surface area contributed by atoms with E-state index in [-0.39, 0.29) is 24.0 Å². The van der Waals surface area contributed by atoms with Crippen LogP contribution in [0, 0.1) is 17.6 Å². The molecule has 0 heterocycles. The summed E-state index contributed by atoms with van der Waals surface area (Å²) in [5.41, 5.74) is 5.96. The standard InChI is InChI=1S/C13H19F2N3.HI/c1-9(2)8-18-13(16)17-6-5-10-7-11(14)3-4-12(10)15;/h3-4,7,9H,5-6,8H2,1-2H3,(H3,16,17,18);1H. The molecule has 108 valence electrons. The minimum atomic E-state index is -0.437. The second-order valence-corrected chi connectivity index (χ2v) is 4.53. The molecule has 0 fully saturated rings. The monoisotopic (exact) mass is 383 g/mol. The summed E-state index contributed by atoms with van der Waals surface area (Å²) in [6.07, 6.45) is 0.363. The number of hydrogen-bond donors (Lipinski definition) is 2. The molecule has 0 amide bonds. The smallest absolute Gasteiger partial charge is 0.188 e. The molecule has 3 nitrogen and oxygen atoms in total. The summed E-state index contributed by atoms with van der Waals surface area (Å²) in [5.74, 6) is -0.0738. The van der Waals surface area contributed by atoms with Gasteiger partial charge in [-0.25, -0.2) is 8.78 Å². The van der Waals surface area contributed by atoms with Gasteiger partial charge in [0, 0.05) is 13.1 Å². The van der Waals surface area contributed by atoms with Crippen molar-refractivity contribution in [1.29, 1.82) is 0 Å². The van der Waals surface area contributed by atoms with Crippen molar-refractivity contribution >= 4 is 29.9 Å². The molecule has 3 N–H and O–H groups in total. The van der Waals surface area contributed by atoms with Crippen molar-refractivity contribution in [3.05, 3.63) is 35.4 Å². The molecule has 0 saturated carbocycles. The van der Waals surface area contributed by atoms with Gasteiger partial charge in [0.15, 0.2) is 5.96 Å². The number of rotatable bonds is 5. The van der Waals surface area contributed by atoms with Crippen LogP contribution < -0.4 is 11.1 Å². The van der Waals surface area contributed by atoms with Crippen LogP contribution in [0.25, 0.3) is 0 Å². The van der Waals surface area contributed by atoms with Crippen molar-refractivity contribution in [1.82, 2.24) is 5.32 Å². The third-order valence-electron chi connectivity index (χ3n) is 2.33. The van der Waals surface area contributed by atoms with Gasteiger partial charge in [0.2, 0.25) is 0 Å². The minimum Gasteiger partial charge on any atom is -0.370 e. The maximum atomic E-state index is 13.3. The molecule has 0 bridgehead atoms. The van der Waals surface area contributed by atoms with Gasteiger partial charge in [0.05, 0.1) is 0 Å². The molecule has 0 aliphatic carbocycles. The summed E-state index contributed by atoms with van der Waals surface area (Å²) in [6, 6.07) is 3.42. The molecule has 0 spiro atoms. The first-order chi connectivity index (χ1) is 8.49. The minimum absolute atomic E-state index is 0. The molecular weight excluding hydrogens is 363 g/mol. The first kappa shape index (κ1) is 18.1. The van der Waals surface area contributed by atoms with Crippen LogP contribution in [0.2, 0.25) is 0 Å². The van der Waals surface area contributed by atoms with E-state index >= 15 is 0 Å². The normalized spacial score (nSPS) is 11.3. The third-order valence-corrected chi connectivity index (χ3v) is 2.33. The van der Waals surface area contributed by atoms with Crippen LogP contribution in [0.3, 0.4) is 0 Å². The van der Waals surface area contributed by atoms with Gasteiger partial charge in [0.1, 0.15) is 11.6 Å². The number of nitrogens with one attached hydrogen (secondary N) is 1. The van der Waals surface area contributed by atoms with E-state index in [2.05, 4.69) is 10.3 Å². The fraction of sp³-hybridized carbons (Fsp3) is 0.462. The van der Waals surface area contributed by atoms with Gasteiger partial charge in [-0.05, 0) is 36.1 Å². The van der Waals surface area contributed by atoms with Gasteiger partial charge in [-0.3, -0.25) is 4.99 Å². The number of benzene rings is 1. The predicted octanol–water partition coefficient (Wildman–Crippen LogP) is 2.69. The Hall–Kier alpha value is -0.920. The maximum Gasteiger partial charge on any atom is 0.188 e. The first-order valence-electron chi connectivity index (χ1n) is 5.96. The van der Waals surface area contributed by atoms with Crippen LogP contribution in [0.15, 0.2) is 23.2 Å². The maximum absolute atomic E-state index is 13.3. The molecule has 0 radical (unpaired) electrons. The topological polar surface area (TPSA) is 50.4 Å². The van der Waals surface area contributed by atoms with Crippen molar-refractivity contribution in [3.8, 4) is 0 Å². The van der Waals surface area contributed by atoms with Crippen LogP contribution in [-0.2, 0) is 6.42 Å². The molecule has 0 aliphatic rings. The number of nitrogens with two attached hydrogens (primary N) is 1. The Morgan fingerprint density at radius 3 is 2.68 bits per heavy atom. The highest BCUT2D eigenvalue weighted by atomic mass is 127. The number of guanidine groups is 1. The van der Waals surface area contributed by atoms with Gasteiger partial charge in [0.25, 0.3) is 0 Å². The Bertz CT molecular complexity index is 422. The Kier molecular flexibility index (Phi) is 8.62. The lowest BCUT2D eigenvalue weighted by atomic mass is 10.1. The summed E-state index contributed by atoms with van der Waals surface area (Å²) in [6.45, 7) is 5.15. The largest absolute Gasteiger partial charge is 0.370 e. The fourth-order valence-electron chi connectivity index (χ4n) is 1.40. The summed E-state index contributed by atoms with van der Waals surface area (Å²) in [7, 11) is 0. The van der Waals surface area contributed by atoms with Crippen molar-refractivity contribution in [2.24, 2.45) is 16.6 Å². The van der Waals surface area contributed by atoms with Gasteiger partial charge in [-0.1, -0.05) is 13.8 Å².